The van der Waals surface area contributed by atoms with Gasteiger partial charge in [0.15, 0.2) is 17.5 Å². The Kier molecular flexibility index (Phi) is 7.46. The molecule has 0 atom stereocenters. The molecule has 0 aliphatic rings. The summed E-state index contributed by atoms with van der Waals surface area (Å²) in [7, 11) is 0. The average molecular weight is 653 g/mol. The molecule has 0 fully saturated rings. The molecule has 0 aliphatic carbocycles. The van der Waals surface area contributed by atoms with Gasteiger partial charge >= 0.3 is 0 Å². The van der Waals surface area contributed by atoms with Crippen molar-refractivity contribution in [3.8, 4) is 73.6 Å². The largest absolute Gasteiger partial charge is 0.456 e. The molecule has 0 N–H and O–H groups in total. The van der Waals surface area contributed by atoms with E-state index >= 15 is 0 Å². The van der Waals surface area contributed by atoms with Gasteiger partial charge in [0.1, 0.15) is 11.2 Å². The van der Waals surface area contributed by atoms with E-state index in [0.717, 1.165) is 72.0 Å². The fraction of sp³-hybridized carbons (Fsp3) is 0. The summed E-state index contributed by atoms with van der Waals surface area (Å²) >= 11 is 0. The highest BCUT2D eigenvalue weighted by molar-refractivity contribution is 6.13. The van der Waals surface area contributed by atoms with Crippen LogP contribution in [0.3, 0.4) is 0 Å². The van der Waals surface area contributed by atoms with Crippen LogP contribution in [0.2, 0.25) is 0 Å². The van der Waals surface area contributed by atoms with E-state index in [0.29, 0.717) is 23.0 Å². The Morgan fingerprint density at radius 3 is 1.57 bits per heavy atom. The Hall–Kier alpha value is -7.16. The molecule has 238 valence electrons. The van der Waals surface area contributed by atoms with Gasteiger partial charge in [-0.15, -0.1) is 0 Å². The Labute approximate surface area is 294 Å². The number of benzene rings is 7. The predicted molar refractivity (Wildman–Crippen MR) is 204 cm³/mol. The first-order chi connectivity index (χ1) is 25.2. The van der Waals surface area contributed by atoms with Crippen LogP contribution >= 0.6 is 0 Å². The van der Waals surface area contributed by atoms with Gasteiger partial charge < -0.3 is 4.42 Å². The van der Waals surface area contributed by atoms with E-state index in [9.17, 15) is 5.26 Å². The number of nitrogens with zero attached hydrogens (tertiary/aromatic N) is 4. The predicted octanol–water partition coefficient (Wildman–Crippen LogP) is 11.6. The molecular weight excluding hydrogens is 625 g/mol. The lowest BCUT2D eigenvalue weighted by molar-refractivity contribution is 0.669. The summed E-state index contributed by atoms with van der Waals surface area (Å²) in [6, 6.07) is 59.3. The zero-order valence-corrected chi connectivity index (χ0v) is 27.4. The minimum Gasteiger partial charge on any atom is -0.456 e. The molecule has 0 bridgehead atoms. The highest BCUT2D eigenvalue weighted by Gasteiger charge is 2.17. The van der Waals surface area contributed by atoms with Crippen molar-refractivity contribution in [2.24, 2.45) is 0 Å². The monoisotopic (exact) mass is 652 g/mol. The zero-order valence-electron chi connectivity index (χ0n) is 27.4. The second-order valence-corrected chi connectivity index (χ2v) is 12.3. The molecule has 2 heterocycles. The highest BCUT2D eigenvalue weighted by Crippen LogP contribution is 2.38. The quantitative estimate of drug-likeness (QED) is 0.179. The van der Waals surface area contributed by atoms with Gasteiger partial charge in [-0.05, 0) is 58.1 Å². The Bertz CT molecular complexity index is 2730. The maximum atomic E-state index is 9.78. The molecule has 7 aromatic carbocycles. The van der Waals surface area contributed by atoms with E-state index in [2.05, 4.69) is 66.7 Å². The minimum absolute atomic E-state index is 0.563. The van der Waals surface area contributed by atoms with Gasteiger partial charge in [0.2, 0.25) is 0 Å². The van der Waals surface area contributed by atoms with Crippen molar-refractivity contribution in [2.75, 3.05) is 0 Å². The van der Waals surface area contributed by atoms with Crippen molar-refractivity contribution in [2.45, 2.75) is 0 Å². The number of rotatable bonds is 6. The minimum atomic E-state index is 0.563. The molecule has 0 aliphatic heterocycles. The van der Waals surface area contributed by atoms with Crippen molar-refractivity contribution in [1.29, 1.82) is 5.26 Å². The van der Waals surface area contributed by atoms with Crippen LogP contribution in [0.15, 0.2) is 174 Å². The molecule has 9 aromatic rings. The Balaban J connectivity index is 1.12. The number of hydrogen-bond acceptors (Lipinski definition) is 5. The summed E-state index contributed by atoms with van der Waals surface area (Å²) in [6.45, 7) is 0. The van der Waals surface area contributed by atoms with Gasteiger partial charge in [-0.1, -0.05) is 140 Å². The second-order valence-electron chi connectivity index (χ2n) is 12.3. The topological polar surface area (TPSA) is 75.6 Å². The number of furan rings is 1. The number of nitriles is 1. The van der Waals surface area contributed by atoms with E-state index in [1.165, 1.54) is 0 Å². The first-order valence-corrected chi connectivity index (χ1v) is 16.7. The molecule has 0 amide bonds. The van der Waals surface area contributed by atoms with Gasteiger partial charge in [0.25, 0.3) is 0 Å². The third-order valence-electron chi connectivity index (χ3n) is 9.21. The van der Waals surface area contributed by atoms with Crippen LogP contribution in [0.5, 0.6) is 0 Å². The molecule has 0 saturated carbocycles. The summed E-state index contributed by atoms with van der Waals surface area (Å²) in [4.78, 5) is 14.9. The average Bonchev–Trinajstić information content (AvgIpc) is 3.60. The Morgan fingerprint density at radius 2 is 0.922 bits per heavy atom. The first-order valence-electron chi connectivity index (χ1n) is 16.7. The van der Waals surface area contributed by atoms with E-state index in [1.54, 1.807) is 0 Å². The lowest BCUT2D eigenvalue weighted by atomic mass is 9.94. The summed E-state index contributed by atoms with van der Waals surface area (Å²) in [5.74, 6) is 1.73. The molecular formula is C46H28N4O. The normalized spacial score (nSPS) is 11.1. The molecule has 0 unspecified atom stereocenters. The molecule has 5 heteroatoms. The fourth-order valence-corrected chi connectivity index (χ4v) is 6.66. The van der Waals surface area contributed by atoms with Crippen molar-refractivity contribution in [3.63, 3.8) is 0 Å². The molecule has 0 radical (unpaired) electrons. The van der Waals surface area contributed by atoms with Crippen LogP contribution in [0.4, 0.5) is 0 Å². The number of aromatic nitrogens is 3. The van der Waals surface area contributed by atoms with E-state index in [-0.39, 0.29) is 0 Å². The molecule has 2 aromatic heterocycles. The molecule has 0 saturated heterocycles. The standard InChI is InChI=1S/C46H28N4O/c47-29-37-24-23-35(27-40(37)32-13-6-2-7-14-32)30-19-21-34(22-20-30)45-48-44(33-15-8-3-9-16-33)49-46(50-45)36-25-26-39-42(28-36)51-41-18-10-17-38(43(39)41)31-11-4-1-5-12-31/h1-28H. The molecule has 51 heavy (non-hydrogen) atoms. The second kappa shape index (κ2) is 12.7. The smallest absolute Gasteiger partial charge is 0.164 e. The highest BCUT2D eigenvalue weighted by atomic mass is 16.3. The van der Waals surface area contributed by atoms with E-state index in [1.807, 2.05) is 109 Å². The first kappa shape index (κ1) is 29.9. The van der Waals surface area contributed by atoms with E-state index < -0.39 is 0 Å². The van der Waals surface area contributed by atoms with Crippen LogP contribution in [0, 0.1) is 11.3 Å². The lowest BCUT2D eigenvalue weighted by Crippen LogP contribution is -2.00. The van der Waals surface area contributed by atoms with Crippen LogP contribution in [0.25, 0.3) is 89.5 Å². The van der Waals surface area contributed by atoms with Gasteiger partial charge in [-0.25, -0.2) is 15.0 Å². The zero-order chi connectivity index (χ0) is 34.1. The maximum Gasteiger partial charge on any atom is 0.164 e. The summed E-state index contributed by atoms with van der Waals surface area (Å²) < 4.78 is 6.42. The summed E-state index contributed by atoms with van der Waals surface area (Å²) in [5.41, 5.74) is 11.1. The number of fused-ring (bicyclic) bond motifs is 3. The fourth-order valence-electron chi connectivity index (χ4n) is 6.66. The van der Waals surface area contributed by atoms with Crippen molar-refractivity contribution in [1.82, 2.24) is 15.0 Å². The SMILES string of the molecule is N#Cc1ccc(-c2ccc(-c3nc(-c4ccccc4)nc(-c4ccc5c(c4)oc4cccc(-c6ccccc6)c45)n3)cc2)cc1-c1ccccc1. The molecule has 0 spiro atoms. The third-order valence-corrected chi connectivity index (χ3v) is 9.21. The van der Waals surface area contributed by atoms with Crippen molar-refractivity contribution >= 4 is 21.9 Å². The lowest BCUT2D eigenvalue weighted by Gasteiger charge is -2.10. The number of hydrogen-bond donors (Lipinski definition) is 0. The van der Waals surface area contributed by atoms with E-state index in [4.69, 9.17) is 19.4 Å². The van der Waals surface area contributed by atoms with Crippen LogP contribution in [-0.2, 0) is 0 Å². The van der Waals surface area contributed by atoms with Gasteiger partial charge in [-0.3, -0.25) is 0 Å². The van der Waals surface area contributed by atoms with Gasteiger partial charge in [-0.2, -0.15) is 5.26 Å². The third kappa shape index (κ3) is 5.61. The summed E-state index contributed by atoms with van der Waals surface area (Å²) in [5, 5.41) is 11.9. The van der Waals surface area contributed by atoms with Crippen LogP contribution in [-0.4, -0.2) is 15.0 Å². The van der Waals surface area contributed by atoms with Crippen molar-refractivity contribution < 1.29 is 4.42 Å². The van der Waals surface area contributed by atoms with Gasteiger partial charge in [0.05, 0.1) is 11.6 Å². The molecule has 5 nitrogen and oxygen atoms in total. The maximum absolute atomic E-state index is 9.78. The molecule has 9 rings (SSSR count). The van der Waals surface area contributed by atoms with Crippen LogP contribution in [0.1, 0.15) is 5.56 Å². The Morgan fingerprint density at radius 1 is 0.392 bits per heavy atom. The van der Waals surface area contributed by atoms with Crippen molar-refractivity contribution in [3.05, 3.63) is 175 Å². The van der Waals surface area contributed by atoms with Gasteiger partial charge in [0, 0.05) is 33.0 Å². The summed E-state index contributed by atoms with van der Waals surface area (Å²) in [6.07, 6.45) is 0. The van der Waals surface area contributed by atoms with Crippen LogP contribution < -0.4 is 0 Å².